The number of aromatic nitrogens is 1. The molecule has 9 heteroatoms. The molecule has 1 aromatic rings. The third kappa shape index (κ3) is 3.95. The number of carboxylic acid groups (broad SMARTS) is 1. The monoisotopic (exact) mass is 285 g/mol. The van der Waals surface area contributed by atoms with E-state index in [4.69, 9.17) is 16.7 Å². The van der Waals surface area contributed by atoms with Crippen LogP contribution in [0.2, 0.25) is 0 Å². The third-order valence-corrected chi connectivity index (χ3v) is 2.11. The molecule has 0 radical (unpaired) electrons. The molecule has 0 aliphatic carbocycles. The molecule has 0 spiro atoms. The van der Waals surface area contributed by atoms with Crippen LogP contribution in [0.3, 0.4) is 0 Å². The maximum absolute atomic E-state index is 12.1. The van der Waals surface area contributed by atoms with Crippen LogP contribution in [0.5, 0.6) is 5.75 Å². The second-order valence-corrected chi connectivity index (χ2v) is 3.50. The summed E-state index contributed by atoms with van der Waals surface area (Å²) in [7, 11) is 0. The van der Waals surface area contributed by atoms with Gasteiger partial charge in [0.1, 0.15) is 0 Å². The molecule has 0 unspecified atom stereocenters. The minimum atomic E-state index is -5.08. The fraction of sp³-hybridized carbons (Fsp3) is 0.333. The van der Waals surface area contributed by atoms with E-state index in [0.717, 1.165) is 6.07 Å². The number of nitrogens with one attached hydrogen (secondary N) is 1. The Morgan fingerprint density at radius 2 is 2.11 bits per heavy atom. The molecule has 0 atom stereocenters. The van der Waals surface area contributed by atoms with Crippen LogP contribution in [0.1, 0.15) is 11.3 Å². The van der Waals surface area contributed by atoms with E-state index in [1.165, 1.54) is 0 Å². The van der Waals surface area contributed by atoms with Crippen LogP contribution >= 0.6 is 11.6 Å². The summed E-state index contributed by atoms with van der Waals surface area (Å²) in [4.78, 5) is 23.9. The number of hydrogen-bond donors (Lipinski definition) is 2. The Kier molecular flexibility index (Phi) is 4.23. The van der Waals surface area contributed by atoms with E-state index in [-0.39, 0.29) is 17.1 Å². The highest BCUT2D eigenvalue weighted by Crippen LogP contribution is 2.24. The summed E-state index contributed by atoms with van der Waals surface area (Å²) in [5, 5.41) is 8.56. The number of hydrogen-bond acceptors (Lipinski definition) is 3. The highest BCUT2D eigenvalue weighted by molar-refractivity contribution is 6.16. The van der Waals surface area contributed by atoms with Crippen LogP contribution in [0.25, 0.3) is 0 Å². The maximum Gasteiger partial charge on any atom is 0.573 e. The molecule has 0 aliphatic rings. The Hall–Kier alpha value is -1.70. The van der Waals surface area contributed by atoms with E-state index < -0.39 is 30.1 Å². The van der Waals surface area contributed by atoms with Crippen molar-refractivity contribution in [1.29, 1.82) is 0 Å². The van der Waals surface area contributed by atoms with Crippen LogP contribution < -0.4 is 10.3 Å². The van der Waals surface area contributed by atoms with Gasteiger partial charge >= 0.3 is 12.3 Å². The number of aromatic amines is 1. The first-order chi connectivity index (χ1) is 8.23. The predicted octanol–water partition coefficient (Wildman–Crippen LogP) is 1.64. The predicted molar refractivity (Wildman–Crippen MR) is 54.6 cm³/mol. The van der Waals surface area contributed by atoms with E-state index in [1.54, 1.807) is 0 Å². The number of aliphatic carboxylic acids is 1. The van der Waals surface area contributed by atoms with Gasteiger partial charge in [0.25, 0.3) is 5.56 Å². The highest BCUT2D eigenvalue weighted by atomic mass is 35.5. The number of H-pyrrole nitrogens is 1. The zero-order chi connectivity index (χ0) is 13.9. The normalized spacial score (nSPS) is 11.3. The average molecular weight is 286 g/mol. The number of halogens is 4. The molecule has 0 bridgehead atoms. The Balaban J connectivity index is 3.28. The van der Waals surface area contributed by atoms with Gasteiger partial charge in [-0.15, -0.1) is 24.8 Å². The molecule has 2 N–H and O–H groups in total. The van der Waals surface area contributed by atoms with Crippen molar-refractivity contribution in [1.82, 2.24) is 4.98 Å². The van der Waals surface area contributed by atoms with Crippen molar-refractivity contribution >= 4 is 17.6 Å². The number of rotatable bonds is 4. The van der Waals surface area contributed by atoms with Crippen molar-refractivity contribution in [3.63, 3.8) is 0 Å². The first-order valence-electron chi connectivity index (χ1n) is 4.51. The number of pyridine rings is 1. The lowest BCUT2D eigenvalue weighted by molar-refractivity contribution is -0.275. The summed E-state index contributed by atoms with van der Waals surface area (Å²) >= 11 is 5.41. The maximum atomic E-state index is 12.1. The number of ether oxygens (including phenoxy) is 1. The van der Waals surface area contributed by atoms with Crippen molar-refractivity contribution in [2.45, 2.75) is 18.7 Å². The van der Waals surface area contributed by atoms with Crippen molar-refractivity contribution in [2.75, 3.05) is 0 Å². The van der Waals surface area contributed by atoms with Gasteiger partial charge in [-0.3, -0.25) is 9.59 Å². The molecule has 100 valence electrons. The van der Waals surface area contributed by atoms with E-state index in [0.29, 0.717) is 0 Å². The molecule has 0 fully saturated rings. The highest BCUT2D eigenvalue weighted by Gasteiger charge is 2.34. The van der Waals surface area contributed by atoms with Gasteiger partial charge in [0, 0.05) is 11.3 Å². The SMILES string of the molecule is O=C(O)Cc1cc(CCl)[nH]c(=O)c1OC(F)(F)F. The standard InChI is InChI=1S/C9H7ClF3NO4/c10-3-5-1-4(2-6(15)16)7(8(17)14-5)18-9(11,12)13/h1H,2-3H2,(H,14,17)(H,15,16). The van der Waals surface area contributed by atoms with Crippen LogP contribution in [-0.2, 0) is 17.1 Å². The number of carbonyl (C=O) groups is 1. The summed E-state index contributed by atoms with van der Waals surface area (Å²) in [5.41, 5.74) is -1.46. The van der Waals surface area contributed by atoms with Gasteiger partial charge in [-0.25, -0.2) is 0 Å². The van der Waals surface area contributed by atoms with Gasteiger partial charge in [-0.05, 0) is 6.07 Å². The molecule has 5 nitrogen and oxygen atoms in total. The molecule has 0 amide bonds. The van der Waals surface area contributed by atoms with Crippen LogP contribution in [0, 0.1) is 0 Å². The largest absolute Gasteiger partial charge is 0.573 e. The zero-order valence-corrected chi connectivity index (χ0v) is 9.43. The quantitative estimate of drug-likeness (QED) is 0.824. The lowest BCUT2D eigenvalue weighted by Gasteiger charge is -2.12. The van der Waals surface area contributed by atoms with Gasteiger partial charge in [0.2, 0.25) is 0 Å². The Morgan fingerprint density at radius 1 is 1.50 bits per heavy atom. The van der Waals surface area contributed by atoms with E-state index in [9.17, 15) is 22.8 Å². The summed E-state index contributed by atoms with van der Waals surface area (Å²) < 4.78 is 39.7. The lowest BCUT2D eigenvalue weighted by Crippen LogP contribution is -2.25. The molecule has 18 heavy (non-hydrogen) atoms. The van der Waals surface area contributed by atoms with Crippen molar-refractivity contribution in [3.8, 4) is 5.75 Å². The Labute approximate surface area is 103 Å². The summed E-state index contributed by atoms with van der Waals surface area (Å²) in [6.45, 7) is 0. The second kappa shape index (κ2) is 5.30. The summed E-state index contributed by atoms with van der Waals surface area (Å²) in [6.07, 6.45) is -5.86. The molecule has 0 aromatic carbocycles. The van der Waals surface area contributed by atoms with Gasteiger partial charge in [-0.1, -0.05) is 0 Å². The summed E-state index contributed by atoms with van der Waals surface area (Å²) in [6, 6.07) is 1.05. The first kappa shape index (κ1) is 14.4. The molecule has 0 aliphatic heterocycles. The average Bonchev–Trinajstić information content (AvgIpc) is 2.20. The molecule has 0 saturated heterocycles. The van der Waals surface area contributed by atoms with Crippen LogP contribution in [-0.4, -0.2) is 22.4 Å². The fourth-order valence-electron chi connectivity index (χ4n) is 1.25. The second-order valence-electron chi connectivity index (χ2n) is 3.23. The molecule has 1 heterocycles. The van der Waals surface area contributed by atoms with Crippen molar-refractivity contribution in [2.24, 2.45) is 0 Å². The van der Waals surface area contributed by atoms with Crippen molar-refractivity contribution in [3.05, 3.63) is 27.7 Å². The van der Waals surface area contributed by atoms with Gasteiger partial charge < -0.3 is 14.8 Å². The molecular formula is C9H7ClF3NO4. The molecule has 1 aromatic heterocycles. The summed E-state index contributed by atoms with van der Waals surface area (Å²) in [5.74, 6) is -2.65. The van der Waals surface area contributed by atoms with E-state index >= 15 is 0 Å². The number of alkyl halides is 4. The first-order valence-corrected chi connectivity index (χ1v) is 5.05. The molecular weight excluding hydrogens is 279 g/mol. The van der Waals surface area contributed by atoms with Gasteiger partial charge in [0.05, 0.1) is 12.3 Å². The van der Waals surface area contributed by atoms with Gasteiger partial charge in [-0.2, -0.15) is 0 Å². The van der Waals surface area contributed by atoms with Gasteiger partial charge in [0.15, 0.2) is 5.75 Å². The molecule has 1 rings (SSSR count). The topological polar surface area (TPSA) is 79.4 Å². The van der Waals surface area contributed by atoms with Crippen LogP contribution in [0.15, 0.2) is 10.9 Å². The Morgan fingerprint density at radius 3 is 2.56 bits per heavy atom. The smallest absolute Gasteiger partial charge is 0.481 e. The Bertz CT molecular complexity index is 512. The lowest BCUT2D eigenvalue weighted by atomic mass is 10.1. The van der Waals surface area contributed by atoms with Crippen molar-refractivity contribution < 1.29 is 27.8 Å². The van der Waals surface area contributed by atoms with E-state index in [2.05, 4.69) is 9.72 Å². The molecule has 0 saturated carbocycles. The minimum absolute atomic E-state index is 0.104. The third-order valence-electron chi connectivity index (χ3n) is 1.82. The minimum Gasteiger partial charge on any atom is -0.481 e. The fourth-order valence-corrected chi connectivity index (χ4v) is 1.40. The van der Waals surface area contributed by atoms with Crippen LogP contribution in [0.4, 0.5) is 13.2 Å². The number of carboxylic acids is 1. The van der Waals surface area contributed by atoms with E-state index in [1.807, 2.05) is 0 Å². The zero-order valence-electron chi connectivity index (χ0n) is 8.68.